The molecule has 0 bridgehead atoms. The van der Waals surface area contributed by atoms with Gasteiger partial charge < -0.3 is 25.3 Å². The Morgan fingerprint density at radius 1 is 1.15 bits per heavy atom. The molecule has 0 unspecified atom stereocenters. The maximum atomic E-state index is 15.0. The van der Waals surface area contributed by atoms with Gasteiger partial charge in [0.1, 0.15) is 5.82 Å². The minimum Gasteiger partial charge on any atom is -0.461 e. The van der Waals surface area contributed by atoms with Crippen molar-refractivity contribution in [3.8, 4) is 11.6 Å². The van der Waals surface area contributed by atoms with E-state index in [2.05, 4.69) is 30.4 Å². The number of piperazine rings is 1. The van der Waals surface area contributed by atoms with E-state index in [4.69, 9.17) is 10.2 Å². The first kappa shape index (κ1) is 26.7. The molecule has 0 aliphatic carbocycles. The number of carbonyl (C=O) groups is 1. The molecule has 4 aromatic heterocycles. The van der Waals surface area contributed by atoms with E-state index in [-0.39, 0.29) is 17.7 Å². The van der Waals surface area contributed by atoms with Crippen LogP contribution in [0.3, 0.4) is 0 Å². The van der Waals surface area contributed by atoms with Gasteiger partial charge in [-0.05, 0) is 37.4 Å². The van der Waals surface area contributed by atoms with Crippen molar-refractivity contribution in [1.82, 2.24) is 44.5 Å². The smallest absolute Gasteiger partial charge is 0.253 e. The number of nitrogen functional groups attached to an aromatic ring is 1. The Morgan fingerprint density at radius 2 is 1.98 bits per heavy atom. The third-order valence-electron chi connectivity index (χ3n) is 7.42. The average molecular weight is 562 g/mol. The van der Waals surface area contributed by atoms with E-state index in [1.54, 1.807) is 48.7 Å². The lowest BCUT2D eigenvalue weighted by molar-refractivity contribution is 0.0796. The molecule has 1 aliphatic rings. The second-order valence-corrected chi connectivity index (χ2v) is 10.0. The van der Waals surface area contributed by atoms with E-state index in [1.165, 1.54) is 10.6 Å². The Bertz CT molecular complexity index is 1670. The maximum absolute atomic E-state index is 15.0. The van der Waals surface area contributed by atoms with Gasteiger partial charge in [0.2, 0.25) is 11.8 Å². The number of nitrogens with two attached hydrogens (primary N) is 1. The molecule has 3 N–H and O–H groups in total. The molecule has 5 heterocycles. The van der Waals surface area contributed by atoms with Crippen LogP contribution in [0.4, 0.5) is 16.0 Å². The minimum absolute atomic E-state index is 0.194. The molecule has 6 rings (SSSR count). The third kappa shape index (κ3) is 5.18. The lowest BCUT2D eigenvalue weighted by Crippen LogP contribution is -2.47. The first-order chi connectivity index (χ1) is 19.9. The van der Waals surface area contributed by atoms with Gasteiger partial charge in [0.15, 0.2) is 17.1 Å². The SMILES string of the molecule is CNCCN(C)C(=O)c1ccc(N2CCN(CCn3ncc4c3nc(N)n3nc(-c5ccco5)nc43)CC2)c(F)c1. The predicted molar refractivity (Wildman–Crippen MR) is 152 cm³/mol. The van der Waals surface area contributed by atoms with Crippen LogP contribution < -0.4 is 16.0 Å². The molecule has 1 aliphatic heterocycles. The van der Waals surface area contributed by atoms with Crippen LogP contribution in [0.25, 0.3) is 28.3 Å². The standard InChI is InChI=1S/C27H32FN11O2/c1-30-7-8-35(2)26(40)18-5-6-21(20(28)16-18)37-12-9-36(10-13-37)11-14-38-24-19(17-31-38)25-32-23(22-4-3-15-41-22)34-39(25)27(29)33-24/h3-6,15-17,30H,7-14H2,1-2H3,(H2,29,33). The first-order valence-electron chi connectivity index (χ1n) is 13.5. The topological polar surface area (TPSA) is 139 Å². The van der Waals surface area contributed by atoms with Crippen molar-refractivity contribution in [1.29, 1.82) is 0 Å². The highest BCUT2D eigenvalue weighted by atomic mass is 19.1. The molecule has 5 aromatic rings. The van der Waals surface area contributed by atoms with Gasteiger partial charge in [-0.25, -0.2) is 14.1 Å². The number of hydrogen-bond acceptors (Lipinski definition) is 10. The number of halogens is 1. The summed E-state index contributed by atoms with van der Waals surface area (Å²) in [5.41, 5.74) is 8.28. The number of nitrogens with zero attached hydrogens (tertiary/aromatic N) is 9. The van der Waals surface area contributed by atoms with Crippen LogP contribution in [0.5, 0.6) is 0 Å². The number of benzene rings is 1. The van der Waals surface area contributed by atoms with E-state index in [0.29, 0.717) is 66.9 Å². The normalized spacial score (nSPS) is 14.4. The number of anilines is 2. The van der Waals surface area contributed by atoms with Crippen molar-refractivity contribution in [3.05, 3.63) is 54.2 Å². The molecule has 14 heteroatoms. The lowest BCUT2D eigenvalue weighted by atomic mass is 10.1. The fourth-order valence-electron chi connectivity index (χ4n) is 5.08. The fourth-order valence-corrected chi connectivity index (χ4v) is 5.08. The summed E-state index contributed by atoms with van der Waals surface area (Å²) in [4.78, 5) is 27.7. The van der Waals surface area contributed by atoms with Gasteiger partial charge in [-0.1, -0.05) is 0 Å². The molecular weight excluding hydrogens is 529 g/mol. The highest BCUT2D eigenvalue weighted by molar-refractivity contribution is 5.94. The van der Waals surface area contributed by atoms with Gasteiger partial charge in [0.25, 0.3) is 5.91 Å². The maximum Gasteiger partial charge on any atom is 0.253 e. The minimum atomic E-state index is -0.381. The fraction of sp³-hybridized carbons (Fsp3) is 0.370. The Morgan fingerprint density at radius 3 is 2.71 bits per heavy atom. The second kappa shape index (κ2) is 11.1. The molecular formula is C27H32FN11O2. The summed E-state index contributed by atoms with van der Waals surface area (Å²) < 4.78 is 23.8. The molecule has 0 saturated carbocycles. The van der Waals surface area contributed by atoms with Crippen LogP contribution in [0.15, 0.2) is 47.2 Å². The number of nitrogens with one attached hydrogen (secondary N) is 1. The van der Waals surface area contributed by atoms with Crippen LogP contribution >= 0.6 is 0 Å². The molecule has 13 nitrogen and oxygen atoms in total. The summed E-state index contributed by atoms with van der Waals surface area (Å²) >= 11 is 0. The van der Waals surface area contributed by atoms with Crippen LogP contribution in [0.2, 0.25) is 0 Å². The number of rotatable bonds is 9. The quantitative estimate of drug-likeness (QED) is 0.273. The molecule has 41 heavy (non-hydrogen) atoms. The largest absolute Gasteiger partial charge is 0.461 e. The molecule has 1 saturated heterocycles. The van der Waals surface area contributed by atoms with E-state index in [0.717, 1.165) is 25.0 Å². The average Bonchev–Trinajstić information content (AvgIpc) is 3.75. The summed E-state index contributed by atoms with van der Waals surface area (Å²) in [6.45, 7) is 5.46. The number of furan rings is 1. The number of aromatic nitrogens is 6. The molecule has 1 fully saturated rings. The van der Waals surface area contributed by atoms with Crippen LogP contribution in [0.1, 0.15) is 10.4 Å². The number of amides is 1. The molecule has 0 atom stereocenters. The summed E-state index contributed by atoms with van der Waals surface area (Å²) in [5, 5.41) is 12.7. The Balaban J connectivity index is 1.08. The molecule has 0 radical (unpaired) electrons. The van der Waals surface area contributed by atoms with Crippen molar-refractivity contribution >= 4 is 34.2 Å². The highest BCUT2D eigenvalue weighted by Crippen LogP contribution is 2.25. The summed E-state index contributed by atoms with van der Waals surface area (Å²) in [6, 6.07) is 8.31. The van der Waals surface area contributed by atoms with Gasteiger partial charge >= 0.3 is 0 Å². The zero-order valence-electron chi connectivity index (χ0n) is 23.0. The van der Waals surface area contributed by atoms with Crippen molar-refractivity contribution in [2.24, 2.45) is 0 Å². The summed E-state index contributed by atoms with van der Waals surface area (Å²) in [5.74, 6) is 0.613. The number of fused-ring (bicyclic) bond motifs is 3. The zero-order valence-corrected chi connectivity index (χ0v) is 23.0. The van der Waals surface area contributed by atoms with Crippen molar-refractivity contribution in [3.63, 3.8) is 0 Å². The van der Waals surface area contributed by atoms with Crippen LogP contribution in [-0.4, -0.2) is 105 Å². The van der Waals surface area contributed by atoms with E-state index in [1.807, 2.05) is 16.6 Å². The summed E-state index contributed by atoms with van der Waals surface area (Å²) in [7, 11) is 3.55. The monoisotopic (exact) mass is 561 g/mol. The van der Waals surface area contributed by atoms with Crippen LogP contribution in [0, 0.1) is 5.82 Å². The Labute approximate surface area is 235 Å². The van der Waals surface area contributed by atoms with E-state index < -0.39 is 0 Å². The molecule has 1 amide bonds. The number of carbonyl (C=O) groups excluding carboxylic acids is 1. The highest BCUT2D eigenvalue weighted by Gasteiger charge is 2.22. The van der Waals surface area contributed by atoms with Gasteiger partial charge in [0, 0.05) is 58.4 Å². The van der Waals surface area contributed by atoms with Gasteiger partial charge in [-0.3, -0.25) is 9.69 Å². The first-order valence-corrected chi connectivity index (χ1v) is 13.5. The number of hydrogen-bond donors (Lipinski definition) is 2. The van der Waals surface area contributed by atoms with Crippen molar-refractivity contribution in [2.75, 3.05) is 70.5 Å². The van der Waals surface area contributed by atoms with Crippen molar-refractivity contribution in [2.45, 2.75) is 6.54 Å². The lowest BCUT2D eigenvalue weighted by Gasteiger charge is -2.36. The van der Waals surface area contributed by atoms with Gasteiger partial charge in [0.05, 0.1) is 30.1 Å². The predicted octanol–water partition coefficient (Wildman–Crippen LogP) is 1.57. The Hall–Kier alpha value is -4.56. The summed E-state index contributed by atoms with van der Waals surface area (Å²) in [6.07, 6.45) is 3.29. The Kier molecular flexibility index (Phi) is 7.24. The molecule has 0 spiro atoms. The molecule has 214 valence electrons. The second-order valence-electron chi connectivity index (χ2n) is 10.0. The zero-order chi connectivity index (χ0) is 28.5. The van der Waals surface area contributed by atoms with Gasteiger partial charge in [-0.15, -0.1) is 5.10 Å². The van der Waals surface area contributed by atoms with E-state index in [9.17, 15) is 4.79 Å². The third-order valence-corrected chi connectivity index (χ3v) is 7.42. The van der Waals surface area contributed by atoms with Gasteiger partial charge in [-0.2, -0.15) is 14.6 Å². The number of likely N-dealkylation sites (N-methyl/N-ethyl adjacent to an activating group) is 2. The van der Waals surface area contributed by atoms with E-state index >= 15 is 4.39 Å². The molecule has 1 aromatic carbocycles. The van der Waals surface area contributed by atoms with Crippen LogP contribution in [-0.2, 0) is 6.54 Å². The van der Waals surface area contributed by atoms with Crippen molar-refractivity contribution < 1.29 is 13.6 Å².